The van der Waals surface area contributed by atoms with E-state index in [1.807, 2.05) is 4.90 Å². The van der Waals surface area contributed by atoms with Crippen LogP contribution in [0.15, 0.2) is 18.3 Å². The maximum absolute atomic E-state index is 11.8. The Kier molecular flexibility index (Phi) is 4.97. The van der Waals surface area contributed by atoms with Crippen molar-refractivity contribution in [2.75, 3.05) is 31.7 Å². The Bertz CT molecular complexity index is 563. The van der Waals surface area contributed by atoms with Crippen LogP contribution >= 0.6 is 0 Å². The van der Waals surface area contributed by atoms with Crippen LogP contribution in [0.5, 0.6) is 0 Å². The number of aromatic nitrogens is 1. The average molecular weight is 307 g/mol. The number of carbonyl (C=O) groups excluding carboxylic acids is 1. The molecule has 1 aliphatic heterocycles. The lowest BCUT2D eigenvalue weighted by Gasteiger charge is -2.40. The fourth-order valence-corrected chi connectivity index (χ4v) is 2.94. The third kappa shape index (κ3) is 3.19. The molecule has 7 heteroatoms. The van der Waals surface area contributed by atoms with Crippen molar-refractivity contribution in [1.82, 2.24) is 4.98 Å². The minimum Gasteiger partial charge on any atom is -0.481 e. The van der Waals surface area contributed by atoms with Crippen LogP contribution in [-0.4, -0.2) is 48.8 Å². The lowest BCUT2D eigenvalue weighted by molar-refractivity contribution is -0.150. The quantitative estimate of drug-likeness (QED) is 0.808. The van der Waals surface area contributed by atoms with Gasteiger partial charge < -0.3 is 20.5 Å². The zero-order valence-corrected chi connectivity index (χ0v) is 12.6. The largest absolute Gasteiger partial charge is 0.481 e. The molecule has 0 spiro atoms. The predicted molar refractivity (Wildman–Crippen MR) is 80.8 cm³/mol. The highest BCUT2D eigenvalue weighted by atomic mass is 16.5. The van der Waals surface area contributed by atoms with Crippen LogP contribution in [0.25, 0.3) is 0 Å². The number of amides is 1. The van der Waals surface area contributed by atoms with Gasteiger partial charge in [-0.1, -0.05) is 0 Å². The highest BCUT2D eigenvalue weighted by Gasteiger charge is 2.42. The Morgan fingerprint density at radius 1 is 1.55 bits per heavy atom. The number of nitrogens with zero attached hydrogens (tertiary/aromatic N) is 2. The molecule has 1 atom stereocenters. The van der Waals surface area contributed by atoms with Gasteiger partial charge in [-0.3, -0.25) is 9.59 Å². The molecule has 1 aromatic rings. The second-order valence-corrected chi connectivity index (χ2v) is 5.59. The molecule has 22 heavy (non-hydrogen) atoms. The van der Waals surface area contributed by atoms with Gasteiger partial charge >= 0.3 is 5.97 Å². The first kappa shape index (κ1) is 16.2. The Labute approximate surface area is 129 Å². The Morgan fingerprint density at radius 3 is 2.95 bits per heavy atom. The standard InChI is InChI=1S/C15H21N3O4/c1-22-9-6-15(14(20)21)5-3-8-18(10-15)13-11(12(16)19)4-2-7-17-13/h2,4,7H,3,5-6,8-10H2,1H3,(H2,16,19)(H,20,21). The summed E-state index contributed by atoms with van der Waals surface area (Å²) in [5.41, 5.74) is 4.81. The van der Waals surface area contributed by atoms with Crippen molar-refractivity contribution < 1.29 is 19.4 Å². The maximum Gasteiger partial charge on any atom is 0.311 e. The van der Waals surface area contributed by atoms with E-state index in [4.69, 9.17) is 10.5 Å². The monoisotopic (exact) mass is 307 g/mol. The number of carbonyl (C=O) groups is 2. The Hall–Kier alpha value is -2.15. The number of nitrogens with two attached hydrogens (primary N) is 1. The van der Waals surface area contributed by atoms with Crippen LogP contribution in [0.4, 0.5) is 5.82 Å². The first-order valence-corrected chi connectivity index (χ1v) is 7.22. The zero-order chi connectivity index (χ0) is 16.2. The molecule has 1 unspecified atom stereocenters. The van der Waals surface area contributed by atoms with Crippen molar-refractivity contribution in [1.29, 1.82) is 0 Å². The van der Waals surface area contributed by atoms with E-state index in [2.05, 4.69) is 4.98 Å². The molecule has 0 aliphatic carbocycles. The number of carboxylic acid groups (broad SMARTS) is 1. The summed E-state index contributed by atoms with van der Waals surface area (Å²) in [6, 6.07) is 3.25. The number of methoxy groups -OCH3 is 1. The summed E-state index contributed by atoms with van der Waals surface area (Å²) < 4.78 is 5.05. The third-order valence-corrected chi connectivity index (χ3v) is 4.17. The Balaban J connectivity index is 2.30. The second-order valence-electron chi connectivity index (χ2n) is 5.59. The van der Waals surface area contributed by atoms with E-state index in [9.17, 15) is 14.7 Å². The molecule has 2 rings (SSSR count). The van der Waals surface area contributed by atoms with Crippen LogP contribution in [-0.2, 0) is 9.53 Å². The summed E-state index contributed by atoms with van der Waals surface area (Å²) in [6.45, 7) is 1.33. The van der Waals surface area contributed by atoms with Gasteiger partial charge in [0.05, 0.1) is 11.0 Å². The molecular formula is C15H21N3O4. The van der Waals surface area contributed by atoms with Gasteiger partial charge in [0, 0.05) is 33.0 Å². The van der Waals surface area contributed by atoms with Crippen LogP contribution in [0.1, 0.15) is 29.6 Å². The van der Waals surface area contributed by atoms with E-state index in [1.165, 1.54) is 0 Å². The van der Waals surface area contributed by atoms with Crippen LogP contribution in [0.2, 0.25) is 0 Å². The molecule has 3 N–H and O–H groups in total. The minimum atomic E-state index is -0.888. The number of ether oxygens (including phenoxy) is 1. The number of anilines is 1. The van der Waals surface area contributed by atoms with Gasteiger partial charge in [-0.15, -0.1) is 0 Å². The fourth-order valence-electron chi connectivity index (χ4n) is 2.94. The predicted octanol–water partition coefficient (Wildman–Crippen LogP) is 0.888. The molecule has 1 saturated heterocycles. The van der Waals surface area contributed by atoms with Crippen molar-refractivity contribution >= 4 is 17.7 Å². The van der Waals surface area contributed by atoms with E-state index in [-0.39, 0.29) is 0 Å². The second kappa shape index (κ2) is 6.74. The van der Waals surface area contributed by atoms with Crippen molar-refractivity contribution in [3.05, 3.63) is 23.9 Å². The van der Waals surface area contributed by atoms with E-state index in [1.54, 1.807) is 25.4 Å². The molecule has 1 aliphatic rings. The number of piperidine rings is 1. The lowest BCUT2D eigenvalue weighted by Crippen LogP contribution is -2.49. The summed E-state index contributed by atoms with van der Waals surface area (Å²) >= 11 is 0. The van der Waals surface area contributed by atoms with Crippen molar-refractivity contribution in [3.8, 4) is 0 Å². The molecule has 7 nitrogen and oxygen atoms in total. The summed E-state index contributed by atoms with van der Waals surface area (Å²) in [6.07, 6.45) is 3.30. The normalized spacial score (nSPS) is 21.6. The molecule has 0 saturated carbocycles. The van der Waals surface area contributed by atoms with Gasteiger partial charge in [-0.25, -0.2) is 4.98 Å². The minimum absolute atomic E-state index is 0.295. The number of aliphatic carboxylic acids is 1. The van der Waals surface area contributed by atoms with Gasteiger partial charge in [0.2, 0.25) is 0 Å². The smallest absolute Gasteiger partial charge is 0.311 e. The van der Waals surface area contributed by atoms with E-state index in [0.717, 1.165) is 0 Å². The number of hydrogen-bond donors (Lipinski definition) is 2. The van der Waals surface area contributed by atoms with Gasteiger partial charge in [-0.05, 0) is 31.4 Å². The summed E-state index contributed by atoms with van der Waals surface area (Å²) in [7, 11) is 1.56. The van der Waals surface area contributed by atoms with Gasteiger partial charge in [-0.2, -0.15) is 0 Å². The average Bonchev–Trinajstić information content (AvgIpc) is 2.53. The molecular weight excluding hydrogens is 286 g/mol. The van der Waals surface area contributed by atoms with Crippen molar-refractivity contribution in [2.45, 2.75) is 19.3 Å². The molecule has 120 valence electrons. The SMILES string of the molecule is COCCC1(C(=O)O)CCCN(c2ncccc2C(N)=O)C1. The maximum atomic E-state index is 11.8. The first-order valence-electron chi connectivity index (χ1n) is 7.22. The van der Waals surface area contributed by atoms with Gasteiger partial charge in [0.1, 0.15) is 5.82 Å². The zero-order valence-electron chi connectivity index (χ0n) is 12.6. The molecule has 2 heterocycles. The third-order valence-electron chi connectivity index (χ3n) is 4.17. The van der Waals surface area contributed by atoms with Gasteiger partial charge in [0.15, 0.2) is 0 Å². The lowest BCUT2D eigenvalue weighted by atomic mass is 9.77. The molecule has 0 radical (unpaired) electrons. The van der Waals surface area contributed by atoms with E-state index in [0.29, 0.717) is 50.3 Å². The summed E-state index contributed by atoms with van der Waals surface area (Å²) in [5, 5.41) is 9.66. The van der Waals surface area contributed by atoms with E-state index < -0.39 is 17.3 Å². The number of pyridine rings is 1. The number of carboxylic acids is 1. The number of primary amides is 1. The van der Waals surface area contributed by atoms with Crippen LogP contribution in [0, 0.1) is 5.41 Å². The molecule has 1 amide bonds. The van der Waals surface area contributed by atoms with Crippen LogP contribution < -0.4 is 10.6 Å². The molecule has 0 aromatic carbocycles. The fraction of sp³-hybridized carbons (Fsp3) is 0.533. The molecule has 1 fully saturated rings. The Morgan fingerprint density at radius 2 is 2.32 bits per heavy atom. The van der Waals surface area contributed by atoms with Crippen molar-refractivity contribution in [3.63, 3.8) is 0 Å². The highest BCUT2D eigenvalue weighted by Crippen LogP contribution is 2.36. The molecule has 0 bridgehead atoms. The van der Waals surface area contributed by atoms with Gasteiger partial charge in [0.25, 0.3) is 5.91 Å². The first-order chi connectivity index (χ1) is 10.5. The summed E-state index contributed by atoms with van der Waals surface area (Å²) in [5.74, 6) is -0.949. The van der Waals surface area contributed by atoms with Crippen LogP contribution in [0.3, 0.4) is 0 Å². The van der Waals surface area contributed by atoms with Crippen molar-refractivity contribution in [2.24, 2.45) is 11.1 Å². The van der Waals surface area contributed by atoms with E-state index >= 15 is 0 Å². The number of rotatable bonds is 6. The summed E-state index contributed by atoms with van der Waals surface area (Å²) in [4.78, 5) is 29.4. The topological polar surface area (TPSA) is 106 Å². The highest BCUT2D eigenvalue weighted by molar-refractivity contribution is 5.97. The molecule has 1 aromatic heterocycles. The number of hydrogen-bond acceptors (Lipinski definition) is 5.